The van der Waals surface area contributed by atoms with E-state index < -0.39 is 0 Å². The maximum absolute atomic E-state index is 9.46. The van der Waals surface area contributed by atoms with Gasteiger partial charge in [-0.1, -0.05) is 32.0 Å². The quantitative estimate of drug-likeness (QED) is 0.829. The molecule has 0 amide bonds. The van der Waals surface area contributed by atoms with E-state index in [-0.39, 0.29) is 11.5 Å². The van der Waals surface area contributed by atoms with Gasteiger partial charge in [0.25, 0.3) is 0 Å². The zero-order valence-corrected chi connectivity index (χ0v) is 10.7. The van der Waals surface area contributed by atoms with E-state index in [0.29, 0.717) is 0 Å². The second kappa shape index (κ2) is 5.35. The fourth-order valence-electron chi connectivity index (χ4n) is 2.24. The number of aliphatic hydroxyl groups excluding tert-OH is 1. The molecule has 0 aliphatic carbocycles. The first kappa shape index (κ1) is 13.0. The molecule has 0 aromatic heterocycles. The van der Waals surface area contributed by atoms with Crippen LogP contribution in [0.4, 0.5) is 0 Å². The van der Waals surface area contributed by atoms with E-state index in [9.17, 15) is 5.11 Å². The first-order valence-electron chi connectivity index (χ1n) is 5.74. The zero-order valence-electron chi connectivity index (χ0n) is 10.7. The first-order chi connectivity index (χ1) is 7.44. The monoisotopic (exact) mass is 222 g/mol. The minimum absolute atomic E-state index is 0.0861. The van der Waals surface area contributed by atoms with Gasteiger partial charge in [-0.25, -0.2) is 0 Å². The number of ether oxygens (including phenoxy) is 1. The van der Waals surface area contributed by atoms with Crippen molar-refractivity contribution in [2.24, 2.45) is 5.41 Å². The number of hydrogen-bond acceptors (Lipinski definition) is 2. The molecule has 1 aromatic rings. The predicted octanol–water partition coefficient (Wildman–Crippen LogP) is 3.03. The highest BCUT2D eigenvalue weighted by molar-refractivity contribution is 5.33. The first-order valence-corrected chi connectivity index (χ1v) is 5.74. The number of benzene rings is 1. The molecule has 0 saturated carbocycles. The summed E-state index contributed by atoms with van der Waals surface area (Å²) in [4.78, 5) is 0. The molecule has 1 aromatic carbocycles. The Labute approximate surface area is 98.3 Å². The van der Waals surface area contributed by atoms with Crippen molar-refractivity contribution < 1.29 is 9.84 Å². The minimum Gasteiger partial charge on any atom is -0.496 e. The molecule has 0 fully saturated rings. The number of para-hydroxylation sites is 1. The molecule has 1 N–H and O–H groups in total. The van der Waals surface area contributed by atoms with Crippen molar-refractivity contribution >= 4 is 0 Å². The molecule has 0 bridgehead atoms. The Balaban J connectivity index is 2.78. The van der Waals surface area contributed by atoms with Crippen LogP contribution in [0.2, 0.25) is 0 Å². The Hall–Kier alpha value is -1.02. The van der Waals surface area contributed by atoms with E-state index in [4.69, 9.17) is 4.74 Å². The minimum atomic E-state index is -0.260. The Kier molecular flexibility index (Phi) is 4.36. The summed E-state index contributed by atoms with van der Waals surface area (Å²) >= 11 is 0. The molecule has 1 rings (SSSR count). The van der Waals surface area contributed by atoms with Crippen LogP contribution in [0.5, 0.6) is 5.75 Å². The highest BCUT2D eigenvalue weighted by Crippen LogP contribution is 2.31. The van der Waals surface area contributed by atoms with Gasteiger partial charge in [0.15, 0.2) is 0 Å². The van der Waals surface area contributed by atoms with E-state index in [0.717, 1.165) is 18.6 Å². The molecule has 0 saturated heterocycles. The number of aliphatic hydroxyl groups is 1. The summed E-state index contributed by atoms with van der Waals surface area (Å²) in [7, 11) is 1.69. The predicted molar refractivity (Wildman–Crippen MR) is 66.8 cm³/mol. The Bertz CT molecular complexity index is 329. The normalized spacial score (nSPS) is 13.6. The SMILES string of the molecule is COc1ccccc1CC(C)(C)CC(C)O. The maximum atomic E-state index is 9.46. The van der Waals surface area contributed by atoms with Crippen molar-refractivity contribution in [2.75, 3.05) is 7.11 Å². The van der Waals surface area contributed by atoms with E-state index in [1.54, 1.807) is 7.11 Å². The molecule has 1 atom stereocenters. The van der Waals surface area contributed by atoms with Crippen LogP contribution >= 0.6 is 0 Å². The van der Waals surface area contributed by atoms with E-state index in [1.165, 1.54) is 5.56 Å². The third kappa shape index (κ3) is 3.86. The summed E-state index contributed by atoms with van der Waals surface area (Å²) in [5, 5.41) is 9.46. The molecule has 0 aliphatic heterocycles. The van der Waals surface area contributed by atoms with Crippen LogP contribution in [0.3, 0.4) is 0 Å². The summed E-state index contributed by atoms with van der Waals surface area (Å²) in [6, 6.07) is 8.07. The number of methoxy groups -OCH3 is 1. The fourth-order valence-corrected chi connectivity index (χ4v) is 2.24. The van der Waals surface area contributed by atoms with Crippen molar-refractivity contribution in [1.82, 2.24) is 0 Å². The summed E-state index contributed by atoms with van der Waals surface area (Å²) < 4.78 is 5.33. The zero-order chi connectivity index (χ0) is 12.2. The van der Waals surface area contributed by atoms with Crippen molar-refractivity contribution in [2.45, 2.75) is 39.7 Å². The molecule has 0 spiro atoms. The van der Waals surface area contributed by atoms with E-state index >= 15 is 0 Å². The van der Waals surface area contributed by atoms with Crippen LogP contribution in [0.1, 0.15) is 32.8 Å². The van der Waals surface area contributed by atoms with Gasteiger partial charge in [-0.3, -0.25) is 0 Å². The highest BCUT2D eigenvalue weighted by atomic mass is 16.5. The third-order valence-electron chi connectivity index (χ3n) is 2.71. The molecule has 2 nitrogen and oxygen atoms in total. The average molecular weight is 222 g/mol. The van der Waals surface area contributed by atoms with E-state index in [2.05, 4.69) is 19.9 Å². The standard InChI is InChI=1S/C14H22O2/c1-11(15)9-14(2,3)10-12-7-5-6-8-13(12)16-4/h5-8,11,15H,9-10H2,1-4H3. The van der Waals surface area contributed by atoms with Gasteiger partial charge in [-0.15, -0.1) is 0 Å². The van der Waals surface area contributed by atoms with Crippen LogP contribution in [0.15, 0.2) is 24.3 Å². The molecule has 0 aliphatic rings. The van der Waals surface area contributed by atoms with Crippen molar-refractivity contribution in [3.05, 3.63) is 29.8 Å². The van der Waals surface area contributed by atoms with Gasteiger partial charge >= 0.3 is 0 Å². The van der Waals surface area contributed by atoms with Gasteiger partial charge in [0, 0.05) is 0 Å². The number of rotatable bonds is 5. The van der Waals surface area contributed by atoms with Crippen molar-refractivity contribution in [1.29, 1.82) is 0 Å². The van der Waals surface area contributed by atoms with Crippen LogP contribution in [0, 0.1) is 5.41 Å². The van der Waals surface area contributed by atoms with Crippen LogP contribution < -0.4 is 4.74 Å². The summed E-state index contributed by atoms with van der Waals surface area (Å²) in [6.07, 6.45) is 1.46. The van der Waals surface area contributed by atoms with Crippen LogP contribution in [0.25, 0.3) is 0 Å². The lowest BCUT2D eigenvalue weighted by atomic mass is 9.81. The van der Waals surface area contributed by atoms with Gasteiger partial charge in [0.2, 0.25) is 0 Å². The van der Waals surface area contributed by atoms with Gasteiger partial charge in [-0.05, 0) is 36.8 Å². The molecule has 0 radical (unpaired) electrons. The van der Waals surface area contributed by atoms with Gasteiger partial charge in [0.05, 0.1) is 13.2 Å². The Morgan fingerprint density at radius 2 is 1.94 bits per heavy atom. The lowest BCUT2D eigenvalue weighted by molar-refractivity contribution is 0.129. The second-order valence-corrected chi connectivity index (χ2v) is 5.21. The van der Waals surface area contributed by atoms with Crippen LogP contribution in [-0.2, 0) is 6.42 Å². The topological polar surface area (TPSA) is 29.5 Å². The molecule has 0 heterocycles. The summed E-state index contributed by atoms with van der Waals surface area (Å²) in [5.41, 5.74) is 1.29. The maximum Gasteiger partial charge on any atom is 0.122 e. The highest BCUT2D eigenvalue weighted by Gasteiger charge is 2.22. The molecule has 90 valence electrons. The van der Waals surface area contributed by atoms with E-state index in [1.807, 2.05) is 25.1 Å². The largest absolute Gasteiger partial charge is 0.496 e. The molecular formula is C14H22O2. The summed E-state index contributed by atoms with van der Waals surface area (Å²) in [5.74, 6) is 0.932. The third-order valence-corrected chi connectivity index (χ3v) is 2.71. The molecule has 1 unspecified atom stereocenters. The average Bonchev–Trinajstić information content (AvgIpc) is 2.15. The Morgan fingerprint density at radius 1 is 1.31 bits per heavy atom. The molecule has 2 heteroatoms. The smallest absolute Gasteiger partial charge is 0.122 e. The van der Waals surface area contributed by atoms with Crippen molar-refractivity contribution in [3.63, 3.8) is 0 Å². The Morgan fingerprint density at radius 3 is 2.50 bits per heavy atom. The molecule has 16 heavy (non-hydrogen) atoms. The van der Waals surface area contributed by atoms with Crippen LogP contribution in [-0.4, -0.2) is 18.3 Å². The van der Waals surface area contributed by atoms with Gasteiger partial charge < -0.3 is 9.84 Å². The second-order valence-electron chi connectivity index (χ2n) is 5.21. The summed E-state index contributed by atoms with van der Waals surface area (Å²) in [6.45, 7) is 6.18. The van der Waals surface area contributed by atoms with Crippen molar-refractivity contribution in [3.8, 4) is 5.75 Å². The fraction of sp³-hybridized carbons (Fsp3) is 0.571. The molecular weight excluding hydrogens is 200 g/mol. The number of hydrogen-bond donors (Lipinski definition) is 1. The lowest BCUT2D eigenvalue weighted by Gasteiger charge is -2.26. The van der Waals surface area contributed by atoms with Gasteiger partial charge in [0.1, 0.15) is 5.75 Å². The van der Waals surface area contributed by atoms with Gasteiger partial charge in [-0.2, -0.15) is 0 Å². The lowest BCUT2D eigenvalue weighted by Crippen LogP contribution is -2.21.